The minimum absolute atomic E-state index is 0.121. The van der Waals surface area contributed by atoms with Crippen molar-refractivity contribution in [3.8, 4) is 11.5 Å². The first-order chi connectivity index (χ1) is 17.3. The fourth-order valence-corrected chi connectivity index (χ4v) is 3.50. The highest BCUT2D eigenvalue weighted by molar-refractivity contribution is 6.30. The number of hydrogen-bond acceptors (Lipinski definition) is 6. The number of hydrogen-bond donors (Lipinski definition) is 2. The maximum atomic E-state index is 13.0. The summed E-state index contributed by atoms with van der Waals surface area (Å²) in [6.45, 7) is 3.56. The van der Waals surface area contributed by atoms with E-state index in [2.05, 4.69) is 20.3 Å². The van der Waals surface area contributed by atoms with Crippen LogP contribution in [0.4, 0.5) is 11.5 Å². The molecule has 4 rings (SSSR count). The first-order valence-corrected chi connectivity index (χ1v) is 11.4. The van der Waals surface area contributed by atoms with Crippen molar-refractivity contribution in [1.29, 1.82) is 0 Å². The first-order valence-electron chi connectivity index (χ1n) is 11.1. The second-order valence-electron chi connectivity index (χ2n) is 7.76. The van der Waals surface area contributed by atoms with Crippen LogP contribution in [0.5, 0.6) is 11.5 Å². The summed E-state index contributed by atoms with van der Waals surface area (Å²) < 4.78 is 8.29. The standard InChI is InChI=1S/C25H23ClN6O4/c1-3-31-24(34)30-23(32(25(31)35)15-17-4-6-18(26)7-5-17)29-19-8-10-20(11-9-19)36-21-12-13-22(27-14-21)28-16(2)33/h4-14H,3,15H2,1-2H3,(H,27,28,33)(H,29,30,34). The van der Waals surface area contributed by atoms with E-state index in [1.54, 1.807) is 55.5 Å². The SMILES string of the molecule is CCn1c(=O)[nH]/c(=N\c2ccc(Oc3ccc(NC(C)=O)nc3)cc2)n(Cc2ccc(Cl)cc2)c1=O. The molecule has 0 aliphatic carbocycles. The molecule has 0 saturated heterocycles. The smallest absolute Gasteiger partial charge is 0.335 e. The molecule has 184 valence electrons. The molecule has 0 radical (unpaired) electrons. The van der Waals surface area contributed by atoms with Gasteiger partial charge in [0.1, 0.15) is 17.3 Å². The highest BCUT2D eigenvalue weighted by Gasteiger charge is 2.09. The number of pyridine rings is 1. The van der Waals surface area contributed by atoms with E-state index in [1.165, 1.54) is 17.7 Å². The van der Waals surface area contributed by atoms with Crippen molar-refractivity contribution in [3.05, 3.63) is 104 Å². The normalized spacial score (nSPS) is 11.4. The van der Waals surface area contributed by atoms with Crippen molar-refractivity contribution in [2.24, 2.45) is 4.99 Å². The van der Waals surface area contributed by atoms with Gasteiger partial charge in [0.05, 0.1) is 18.4 Å². The quantitative estimate of drug-likeness (QED) is 0.397. The molecule has 2 heterocycles. The van der Waals surface area contributed by atoms with Crippen LogP contribution in [0.1, 0.15) is 19.4 Å². The fraction of sp³-hybridized carbons (Fsp3) is 0.160. The molecule has 2 aromatic heterocycles. The van der Waals surface area contributed by atoms with Gasteiger partial charge in [-0.15, -0.1) is 0 Å². The van der Waals surface area contributed by atoms with E-state index in [-0.39, 0.29) is 24.6 Å². The number of aromatic nitrogens is 4. The lowest BCUT2D eigenvalue weighted by atomic mass is 10.2. The lowest BCUT2D eigenvalue weighted by Crippen LogP contribution is -2.49. The van der Waals surface area contributed by atoms with Gasteiger partial charge in [-0.25, -0.2) is 24.1 Å². The maximum absolute atomic E-state index is 13.0. The van der Waals surface area contributed by atoms with Crippen LogP contribution in [0.3, 0.4) is 0 Å². The minimum Gasteiger partial charge on any atom is -0.456 e. The van der Waals surface area contributed by atoms with Crippen LogP contribution < -0.4 is 27.1 Å². The van der Waals surface area contributed by atoms with Gasteiger partial charge >= 0.3 is 11.4 Å². The Morgan fingerprint density at radius 2 is 1.72 bits per heavy atom. The van der Waals surface area contributed by atoms with E-state index >= 15 is 0 Å². The van der Waals surface area contributed by atoms with Gasteiger partial charge in [-0.2, -0.15) is 0 Å². The van der Waals surface area contributed by atoms with Crippen molar-refractivity contribution in [1.82, 2.24) is 19.1 Å². The Kier molecular flexibility index (Phi) is 7.45. The van der Waals surface area contributed by atoms with Crippen LogP contribution >= 0.6 is 11.6 Å². The van der Waals surface area contributed by atoms with Crippen LogP contribution in [0.15, 0.2) is 81.4 Å². The minimum atomic E-state index is -0.538. The average Bonchev–Trinajstić information content (AvgIpc) is 2.85. The van der Waals surface area contributed by atoms with E-state index in [1.807, 2.05) is 12.1 Å². The van der Waals surface area contributed by atoms with E-state index in [0.717, 1.165) is 10.1 Å². The summed E-state index contributed by atoms with van der Waals surface area (Å²) in [7, 11) is 0. The summed E-state index contributed by atoms with van der Waals surface area (Å²) in [5.74, 6) is 1.24. The third-order valence-electron chi connectivity index (χ3n) is 5.10. The molecule has 0 atom stereocenters. The molecule has 0 unspecified atom stereocenters. The van der Waals surface area contributed by atoms with E-state index < -0.39 is 11.4 Å². The van der Waals surface area contributed by atoms with Crippen LogP contribution in [-0.4, -0.2) is 25.0 Å². The Bertz CT molecular complexity index is 1550. The summed E-state index contributed by atoms with van der Waals surface area (Å²) in [5.41, 5.74) is 0.454. The number of nitrogens with one attached hydrogen (secondary N) is 2. The molecule has 1 amide bonds. The number of amides is 1. The van der Waals surface area contributed by atoms with Gasteiger partial charge in [0, 0.05) is 18.5 Å². The zero-order chi connectivity index (χ0) is 25.7. The van der Waals surface area contributed by atoms with Crippen LogP contribution in [0.25, 0.3) is 0 Å². The molecule has 0 fully saturated rings. The van der Waals surface area contributed by atoms with Gasteiger partial charge in [0.2, 0.25) is 11.5 Å². The number of H-pyrrole nitrogens is 1. The molecule has 36 heavy (non-hydrogen) atoms. The molecule has 0 aliphatic rings. The molecule has 0 aliphatic heterocycles. The molecule has 0 saturated carbocycles. The van der Waals surface area contributed by atoms with Crippen molar-refractivity contribution >= 4 is 29.0 Å². The highest BCUT2D eigenvalue weighted by Crippen LogP contribution is 2.24. The predicted octanol–water partition coefficient (Wildman–Crippen LogP) is 3.44. The predicted molar refractivity (Wildman–Crippen MR) is 136 cm³/mol. The molecule has 2 N–H and O–H groups in total. The molecule has 0 bridgehead atoms. The number of benzene rings is 2. The zero-order valence-corrected chi connectivity index (χ0v) is 20.3. The van der Waals surface area contributed by atoms with Gasteiger partial charge < -0.3 is 10.1 Å². The number of nitrogens with zero attached hydrogens (tertiary/aromatic N) is 4. The number of halogens is 1. The van der Waals surface area contributed by atoms with Gasteiger partial charge in [0.15, 0.2) is 0 Å². The molecular formula is C25H23ClN6O4. The number of carbonyl (C=O) groups is 1. The van der Waals surface area contributed by atoms with Crippen molar-refractivity contribution in [3.63, 3.8) is 0 Å². The van der Waals surface area contributed by atoms with E-state index in [0.29, 0.717) is 28.0 Å². The van der Waals surface area contributed by atoms with Crippen molar-refractivity contribution < 1.29 is 9.53 Å². The third kappa shape index (κ3) is 5.97. The summed E-state index contributed by atoms with van der Waals surface area (Å²) >= 11 is 5.97. The first kappa shape index (κ1) is 24.7. The van der Waals surface area contributed by atoms with Crippen LogP contribution in [0, 0.1) is 0 Å². The second-order valence-corrected chi connectivity index (χ2v) is 8.20. The van der Waals surface area contributed by atoms with Gasteiger partial charge in [-0.05, 0) is 61.0 Å². The van der Waals surface area contributed by atoms with Gasteiger partial charge in [0.25, 0.3) is 0 Å². The summed E-state index contributed by atoms with van der Waals surface area (Å²) in [6.07, 6.45) is 1.50. The average molecular weight is 507 g/mol. The lowest BCUT2D eigenvalue weighted by molar-refractivity contribution is -0.114. The van der Waals surface area contributed by atoms with E-state index in [4.69, 9.17) is 16.3 Å². The number of aromatic amines is 1. The van der Waals surface area contributed by atoms with E-state index in [9.17, 15) is 14.4 Å². The Morgan fingerprint density at radius 3 is 2.33 bits per heavy atom. The molecule has 0 spiro atoms. The van der Waals surface area contributed by atoms with Gasteiger partial charge in [-0.1, -0.05) is 23.7 Å². The van der Waals surface area contributed by atoms with Crippen LogP contribution in [-0.2, 0) is 17.9 Å². The monoisotopic (exact) mass is 506 g/mol. The third-order valence-corrected chi connectivity index (χ3v) is 5.35. The van der Waals surface area contributed by atoms with Crippen molar-refractivity contribution in [2.75, 3.05) is 5.32 Å². The van der Waals surface area contributed by atoms with Gasteiger partial charge in [-0.3, -0.25) is 14.3 Å². The Labute approximate surface area is 210 Å². The molecule has 10 nitrogen and oxygen atoms in total. The fourth-order valence-electron chi connectivity index (χ4n) is 3.38. The second kappa shape index (κ2) is 10.9. The summed E-state index contributed by atoms with van der Waals surface area (Å²) in [6, 6.07) is 17.2. The Morgan fingerprint density at radius 1 is 1.03 bits per heavy atom. The Hall–Kier alpha value is -4.44. The molecule has 11 heteroatoms. The lowest BCUT2D eigenvalue weighted by Gasteiger charge is -2.10. The molecule has 2 aromatic carbocycles. The largest absolute Gasteiger partial charge is 0.456 e. The number of carbonyl (C=O) groups excluding carboxylic acids is 1. The summed E-state index contributed by atoms with van der Waals surface area (Å²) in [5, 5.41) is 3.17. The Balaban J connectivity index is 1.62. The summed E-state index contributed by atoms with van der Waals surface area (Å²) in [4.78, 5) is 47.9. The van der Waals surface area contributed by atoms with Crippen molar-refractivity contribution in [2.45, 2.75) is 26.9 Å². The molecular weight excluding hydrogens is 484 g/mol. The van der Waals surface area contributed by atoms with Crippen LogP contribution in [0.2, 0.25) is 5.02 Å². The topological polar surface area (TPSA) is 123 Å². The number of anilines is 1. The maximum Gasteiger partial charge on any atom is 0.335 e. The zero-order valence-electron chi connectivity index (χ0n) is 19.6. The highest BCUT2D eigenvalue weighted by atomic mass is 35.5. The molecule has 4 aromatic rings. The number of rotatable bonds is 7. The number of ether oxygens (including phenoxy) is 1.